The first-order valence-electron chi connectivity index (χ1n) is 17.2. The summed E-state index contributed by atoms with van der Waals surface area (Å²) in [5.41, 5.74) is 17.5. The number of allylic oxidation sites excluding steroid dienone is 6. The smallest absolute Gasteiger partial charge is 0.0741 e. The molecular weight excluding hydrogens is 588 g/mol. The lowest BCUT2D eigenvalue weighted by Crippen LogP contribution is -2.14. The van der Waals surface area contributed by atoms with Gasteiger partial charge in [-0.05, 0) is 71.1 Å². The monoisotopic (exact) mass is 644 g/mol. The summed E-state index contributed by atoms with van der Waals surface area (Å²) in [4.78, 5) is 0. The van der Waals surface area contributed by atoms with Crippen molar-refractivity contribution in [3.63, 3.8) is 0 Å². The number of para-hydroxylation sites is 2. The number of nitrogens with two attached hydrogens (primary N) is 1. The number of anilines is 1. The molecule has 0 aliphatic carbocycles. The standard InChI is InChI=1S/C44H56N2O2/c1-11-13-14-19-33(28-48-30-35-26-37(44(8,9)10)24-31(3)42(35)45)27-47-29-34(25-36(12-2)43(5,6)7)32(4)46-40-22-17-15-20-38(40)39-21-16-18-23-41(39)46/h12-26H,2,11,27-30,45H2,1,3-10H3/b14-13-,33-19-,34-32+,36-25+. The van der Waals surface area contributed by atoms with E-state index < -0.39 is 0 Å². The van der Waals surface area contributed by atoms with Gasteiger partial charge in [0.05, 0.1) is 37.5 Å². The molecule has 4 aromatic rings. The Morgan fingerprint density at radius 2 is 1.48 bits per heavy atom. The van der Waals surface area contributed by atoms with E-state index in [1.165, 1.54) is 27.4 Å². The molecule has 1 aromatic heterocycles. The fourth-order valence-corrected chi connectivity index (χ4v) is 5.93. The molecule has 0 spiro atoms. The van der Waals surface area contributed by atoms with Gasteiger partial charge in [0.2, 0.25) is 0 Å². The number of hydrogen-bond acceptors (Lipinski definition) is 3. The van der Waals surface area contributed by atoms with Crippen molar-refractivity contribution in [3.05, 3.63) is 131 Å². The van der Waals surface area contributed by atoms with Crippen LogP contribution < -0.4 is 5.73 Å². The van der Waals surface area contributed by atoms with Gasteiger partial charge < -0.3 is 19.8 Å². The number of aryl methyl sites for hydroxylation is 1. The summed E-state index contributed by atoms with van der Waals surface area (Å²) in [6, 6.07) is 21.6. The molecule has 4 heteroatoms. The lowest BCUT2D eigenvalue weighted by Gasteiger charge is -2.22. The molecule has 0 bridgehead atoms. The topological polar surface area (TPSA) is 49.4 Å². The van der Waals surface area contributed by atoms with Crippen LogP contribution in [-0.4, -0.2) is 24.4 Å². The molecule has 0 radical (unpaired) electrons. The maximum absolute atomic E-state index is 6.54. The van der Waals surface area contributed by atoms with E-state index in [0.29, 0.717) is 26.4 Å². The normalized spacial score (nSPS) is 13.9. The molecule has 48 heavy (non-hydrogen) atoms. The predicted octanol–water partition coefficient (Wildman–Crippen LogP) is 11.5. The van der Waals surface area contributed by atoms with Crippen molar-refractivity contribution < 1.29 is 9.47 Å². The third kappa shape index (κ3) is 8.86. The molecule has 0 amide bonds. The molecule has 3 aromatic carbocycles. The number of benzene rings is 3. The van der Waals surface area contributed by atoms with Crippen LogP contribution in [0, 0.1) is 12.3 Å². The van der Waals surface area contributed by atoms with E-state index in [2.05, 4.69) is 158 Å². The Balaban J connectivity index is 1.63. The molecule has 4 rings (SSSR count). The summed E-state index contributed by atoms with van der Waals surface area (Å²) < 4.78 is 15.2. The number of fused-ring (bicyclic) bond motifs is 3. The fraction of sp³-hybridized carbons (Fsp3) is 0.364. The van der Waals surface area contributed by atoms with Crippen molar-refractivity contribution in [1.82, 2.24) is 4.57 Å². The summed E-state index contributed by atoms with van der Waals surface area (Å²) >= 11 is 0. The van der Waals surface area contributed by atoms with Crippen LogP contribution in [0.4, 0.5) is 5.69 Å². The number of rotatable bonds is 13. The molecule has 0 aliphatic rings. The van der Waals surface area contributed by atoms with E-state index >= 15 is 0 Å². The molecule has 0 unspecified atom stereocenters. The maximum Gasteiger partial charge on any atom is 0.0741 e. The highest BCUT2D eigenvalue weighted by Crippen LogP contribution is 2.34. The summed E-state index contributed by atoms with van der Waals surface area (Å²) in [5, 5.41) is 2.48. The molecular formula is C44H56N2O2. The Morgan fingerprint density at radius 1 is 0.875 bits per heavy atom. The summed E-state index contributed by atoms with van der Waals surface area (Å²) in [5.74, 6) is 0. The SMILES string of the molecule is C=C/C(=C\C(COC/C(=C/C=C\CC)COCc1cc(C(C)(C)C)cc(C)c1N)=C(\C)n1c2ccccc2c2ccccc21)C(C)(C)C. The van der Waals surface area contributed by atoms with Gasteiger partial charge in [-0.3, -0.25) is 0 Å². The van der Waals surface area contributed by atoms with Crippen molar-refractivity contribution in [3.8, 4) is 0 Å². The summed E-state index contributed by atoms with van der Waals surface area (Å²) in [6.45, 7) is 25.7. The molecule has 0 atom stereocenters. The van der Waals surface area contributed by atoms with Gasteiger partial charge >= 0.3 is 0 Å². The van der Waals surface area contributed by atoms with Crippen LogP contribution in [0.25, 0.3) is 27.5 Å². The van der Waals surface area contributed by atoms with Crippen molar-refractivity contribution >= 4 is 33.2 Å². The van der Waals surface area contributed by atoms with Gasteiger partial charge in [-0.15, -0.1) is 0 Å². The minimum absolute atomic E-state index is 0.0343. The Morgan fingerprint density at radius 3 is 2.04 bits per heavy atom. The first-order chi connectivity index (χ1) is 22.8. The minimum Gasteiger partial charge on any atom is -0.398 e. The average molecular weight is 645 g/mol. The zero-order valence-corrected chi connectivity index (χ0v) is 30.7. The second-order valence-corrected chi connectivity index (χ2v) is 14.8. The highest BCUT2D eigenvalue weighted by Gasteiger charge is 2.19. The lowest BCUT2D eigenvalue weighted by atomic mass is 9.84. The molecule has 0 aliphatic heterocycles. The Hall–Kier alpha value is -4.12. The number of ether oxygens (including phenoxy) is 2. The van der Waals surface area contributed by atoms with Gasteiger partial charge in [0.15, 0.2) is 0 Å². The molecule has 2 N–H and O–H groups in total. The Labute approximate surface area is 289 Å². The third-order valence-electron chi connectivity index (χ3n) is 8.93. The molecule has 254 valence electrons. The molecule has 0 saturated carbocycles. The molecule has 0 saturated heterocycles. The van der Waals surface area contributed by atoms with Crippen LogP contribution >= 0.6 is 0 Å². The van der Waals surface area contributed by atoms with E-state index in [-0.39, 0.29) is 10.8 Å². The van der Waals surface area contributed by atoms with Crippen LogP contribution in [0.15, 0.2) is 114 Å². The van der Waals surface area contributed by atoms with Crippen molar-refractivity contribution in [2.75, 3.05) is 25.6 Å². The predicted molar refractivity (Wildman–Crippen MR) is 208 cm³/mol. The zero-order chi connectivity index (χ0) is 35.1. The molecule has 0 fully saturated rings. The van der Waals surface area contributed by atoms with Gasteiger partial charge in [-0.25, -0.2) is 0 Å². The maximum atomic E-state index is 6.54. The number of nitrogens with zero attached hydrogens (tertiary/aromatic N) is 1. The van der Waals surface area contributed by atoms with E-state index in [9.17, 15) is 0 Å². The van der Waals surface area contributed by atoms with Crippen molar-refractivity contribution in [2.45, 2.75) is 80.8 Å². The highest BCUT2D eigenvalue weighted by atomic mass is 16.5. The Kier molecular flexibility index (Phi) is 12.1. The third-order valence-corrected chi connectivity index (χ3v) is 8.93. The van der Waals surface area contributed by atoms with Gasteiger partial charge in [0, 0.05) is 27.7 Å². The highest BCUT2D eigenvalue weighted by molar-refractivity contribution is 6.10. The van der Waals surface area contributed by atoms with Crippen LogP contribution in [0.5, 0.6) is 0 Å². The van der Waals surface area contributed by atoms with E-state index in [0.717, 1.165) is 45.7 Å². The zero-order valence-electron chi connectivity index (χ0n) is 30.7. The lowest BCUT2D eigenvalue weighted by molar-refractivity contribution is 0.119. The van der Waals surface area contributed by atoms with Crippen LogP contribution in [0.1, 0.15) is 78.5 Å². The van der Waals surface area contributed by atoms with Crippen LogP contribution in [0.3, 0.4) is 0 Å². The second kappa shape index (κ2) is 15.9. The van der Waals surface area contributed by atoms with Crippen molar-refractivity contribution in [2.24, 2.45) is 5.41 Å². The van der Waals surface area contributed by atoms with Gasteiger partial charge in [0.1, 0.15) is 0 Å². The first kappa shape index (κ1) is 36.7. The Bertz CT molecular complexity index is 1810. The summed E-state index contributed by atoms with van der Waals surface area (Å²) in [6.07, 6.45) is 11.6. The quantitative estimate of drug-likeness (QED) is 0.116. The largest absolute Gasteiger partial charge is 0.398 e. The van der Waals surface area contributed by atoms with Gasteiger partial charge in [0.25, 0.3) is 0 Å². The van der Waals surface area contributed by atoms with Gasteiger partial charge in [-0.1, -0.05) is 134 Å². The average Bonchev–Trinajstić information content (AvgIpc) is 3.37. The molecule has 1 heterocycles. The summed E-state index contributed by atoms with van der Waals surface area (Å²) in [7, 11) is 0. The number of aromatic nitrogens is 1. The first-order valence-corrected chi connectivity index (χ1v) is 17.2. The van der Waals surface area contributed by atoms with Gasteiger partial charge in [-0.2, -0.15) is 0 Å². The second-order valence-electron chi connectivity index (χ2n) is 14.8. The van der Waals surface area contributed by atoms with Crippen LogP contribution in [-0.2, 0) is 21.5 Å². The van der Waals surface area contributed by atoms with E-state index in [1.54, 1.807) is 0 Å². The molecule has 4 nitrogen and oxygen atoms in total. The van der Waals surface area contributed by atoms with E-state index in [4.69, 9.17) is 15.2 Å². The number of nitrogen functional groups attached to an aromatic ring is 1. The van der Waals surface area contributed by atoms with E-state index in [1.807, 2.05) is 6.08 Å². The van der Waals surface area contributed by atoms with Crippen LogP contribution in [0.2, 0.25) is 0 Å². The minimum atomic E-state index is -0.0670. The van der Waals surface area contributed by atoms with Crippen molar-refractivity contribution in [1.29, 1.82) is 0 Å². The number of hydrogen-bond donors (Lipinski definition) is 1. The fourth-order valence-electron chi connectivity index (χ4n) is 5.93.